The van der Waals surface area contributed by atoms with E-state index in [1.54, 1.807) is 6.07 Å². The highest BCUT2D eigenvalue weighted by molar-refractivity contribution is 5.94. The number of carbonyl (C=O) groups is 1. The van der Waals surface area contributed by atoms with Gasteiger partial charge in [0.15, 0.2) is 0 Å². The zero-order valence-electron chi connectivity index (χ0n) is 13.5. The van der Waals surface area contributed by atoms with Crippen LogP contribution >= 0.6 is 0 Å². The molecule has 3 aromatic rings. The summed E-state index contributed by atoms with van der Waals surface area (Å²) in [6, 6.07) is 4.85. The van der Waals surface area contributed by atoms with Crippen LogP contribution in [0.3, 0.4) is 0 Å². The number of amides is 1. The van der Waals surface area contributed by atoms with Gasteiger partial charge in [-0.05, 0) is 18.2 Å². The number of furan rings is 1. The fraction of sp³-hybridized carbons (Fsp3) is 0.188. The molecule has 1 aromatic carbocycles. The van der Waals surface area contributed by atoms with E-state index in [1.165, 1.54) is 19.1 Å². The predicted molar refractivity (Wildman–Crippen MR) is 86.4 cm³/mol. The maximum absolute atomic E-state index is 12.9. The van der Waals surface area contributed by atoms with Crippen LogP contribution in [-0.4, -0.2) is 15.0 Å². The highest BCUT2D eigenvalue weighted by atomic mass is 19.4. The maximum Gasteiger partial charge on any atom is 0.431 e. The molecule has 0 saturated carbocycles. The van der Waals surface area contributed by atoms with E-state index in [0.717, 1.165) is 13.3 Å². The van der Waals surface area contributed by atoms with Crippen molar-refractivity contribution in [2.45, 2.75) is 13.1 Å². The largest absolute Gasteiger partial charge is 0.462 e. The fourth-order valence-corrected chi connectivity index (χ4v) is 2.59. The summed E-state index contributed by atoms with van der Waals surface area (Å²) in [5, 5.41) is 2.82. The van der Waals surface area contributed by atoms with Gasteiger partial charge in [0.2, 0.25) is 5.91 Å². The van der Waals surface area contributed by atoms with Crippen LogP contribution in [0.1, 0.15) is 12.6 Å². The van der Waals surface area contributed by atoms with E-state index in [2.05, 4.69) is 5.32 Å². The summed E-state index contributed by atoms with van der Waals surface area (Å²) < 4.78 is 45.0. The smallest absolute Gasteiger partial charge is 0.431 e. The molecule has 0 aliphatic carbocycles. The Hall–Kier alpha value is -3.30. The predicted octanol–water partition coefficient (Wildman–Crippen LogP) is 2.26. The minimum Gasteiger partial charge on any atom is -0.462 e. The van der Waals surface area contributed by atoms with Crippen molar-refractivity contribution >= 4 is 22.6 Å². The first kappa shape index (κ1) is 17.5. The molecule has 0 aliphatic rings. The number of rotatable bonds is 2. The van der Waals surface area contributed by atoms with Gasteiger partial charge in [-0.2, -0.15) is 13.2 Å². The van der Waals surface area contributed by atoms with Gasteiger partial charge in [-0.15, -0.1) is 0 Å². The first-order chi connectivity index (χ1) is 12.1. The number of carbonyl (C=O) groups excluding carboxylic acids is 1. The van der Waals surface area contributed by atoms with Crippen LogP contribution < -0.4 is 16.6 Å². The van der Waals surface area contributed by atoms with Gasteiger partial charge < -0.3 is 9.73 Å². The summed E-state index contributed by atoms with van der Waals surface area (Å²) in [4.78, 5) is 35.8. The highest BCUT2D eigenvalue weighted by Crippen LogP contribution is 2.28. The van der Waals surface area contributed by atoms with Crippen molar-refractivity contribution in [2.24, 2.45) is 7.05 Å². The third-order valence-corrected chi connectivity index (χ3v) is 3.72. The van der Waals surface area contributed by atoms with E-state index in [1.807, 2.05) is 0 Å². The Morgan fingerprint density at radius 3 is 2.50 bits per heavy atom. The molecule has 10 heteroatoms. The first-order valence-electron chi connectivity index (χ1n) is 7.29. The van der Waals surface area contributed by atoms with Crippen molar-refractivity contribution in [2.75, 3.05) is 5.32 Å². The molecule has 136 valence electrons. The molecule has 7 nitrogen and oxygen atoms in total. The molecular formula is C16H12F3N3O4. The Morgan fingerprint density at radius 1 is 1.19 bits per heavy atom. The third kappa shape index (κ3) is 2.89. The van der Waals surface area contributed by atoms with Crippen molar-refractivity contribution in [3.63, 3.8) is 0 Å². The number of anilines is 1. The lowest BCUT2D eigenvalue weighted by molar-refractivity contribution is -0.144. The first-order valence-corrected chi connectivity index (χ1v) is 7.29. The lowest BCUT2D eigenvalue weighted by Crippen LogP contribution is -2.40. The number of aromatic nitrogens is 2. The van der Waals surface area contributed by atoms with Crippen LogP contribution in [0.2, 0.25) is 0 Å². The molecule has 2 aromatic heterocycles. The van der Waals surface area contributed by atoms with Gasteiger partial charge in [-0.3, -0.25) is 14.2 Å². The van der Waals surface area contributed by atoms with Crippen LogP contribution in [0.15, 0.2) is 44.5 Å². The van der Waals surface area contributed by atoms with Gasteiger partial charge in [0.05, 0.1) is 0 Å². The second-order valence-corrected chi connectivity index (χ2v) is 5.56. The van der Waals surface area contributed by atoms with E-state index in [4.69, 9.17) is 4.42 Å². The summed E-state index contributed by atoms with van der Waals surface area (Å²) in [6.45, 7) is 1.30. The van der Waals surface area contributed by atoms with Crippen LogP contribution in [0.5, 0.6) is 0 Å². The summed E-state index contributed by atoms with van der Waals surface area (Å²) >= 11 is 0. The van der Waals surface area contributed by atoms with Crippen molar-refractivity contribution in [3.05, 3.63) is 57.1 Å². The number of nitrogens with zero attached hydrogens (tertiary/aromatic N) is 2. The number of fused-ring (bicyclic) bond motifs is 1. The summed E-state index contributed by atoms with van der Waals surface area (Å²) in [7, 11) is 0.923. The zero-order chi connectivity index (χ0) is 19.2. The van der Waals surface area contributed by atoms with E-state index in [0.29, 0.717) is 26.5 Å². The summed E-state index contributed by atoms with van der Waals surface area (Å²) in [6.07, 6.45) is -3.75. The van der Waals surface area contributed by atoms with Gasteiger partial charge in [0.1, 0.15) is 23.2 Å². The zero-order valence-corrected chi connectivity index (χ0v) is 13.5. The van der Waals surface area contributed by atoms with Crippen molar-refractivity contribution in [1.29, 1.82) is 0 Å². The number of alkyl halides is 3. The highest BCUT2D eigenvalue weighted by Gasteiger charge is 2.35. The van der Waals surface area contributed by atoms with Crippen molar-refractivity contribution in [1.82, 2.24) is 9.13 Å². The standard InChI is InChI=1S/C16H12F3N3O4/c1-8(23)20-9-3-4-12-10(5-9)11(7-26-12)22-14(24)6-13(16(17,18)19)21(2)15(22)25/h3-7H,1-2H3,(H,20,23). The van der Waals surface area contributed by atoms with Crippen molar-refractivity contribution < 1.29 is 22.4 Å². The Kier molecular flexibility index (Phi) is 3.98. The average Bonchev–Trinajstić information content (AvgIpc) is 2.92. The van der Waals surface area contributed by atoms with E-state index in [9.17, 15) is 27.6 Å². The molecule has 0 atom stereocenters. The molecule has 0 radical (unpaired) electrons. The monoisotopic (exact) mass is 367 g/mol. The number of halogens is 3. The Morgan fingerprint density at radius 2 is 1.88 bits per heavy atom. The van der Waals surface area contributed by atoms with Crippen LogP contribution in [0, 0.1) is 0 Å². The lowest BCUT2D eigenvalue weighted by atomic mass is 10.2. The lowest BCUT2D eigenvalue weighted by Gasteiger charge is -2.13. The van der Waals surface area contributed by atoms with E-state index >= 15 is 0 Å². The number of hydrogen-bond donors (Lipinski definition) is 1. The molecular weight excluding hydrogens is 355 g/mol. The Balaban J connectivity index is 2.28. The van der Waals surface area contributed by atoms with Gasteiger partial charge in [0.25, 0.3) is 5.56 Å². The molecule has 3 rings (SSSR count). The van der Waals surface area contributed by atoms with Gasteiger partial charge in [-0.1, -0.05) is 0 Å². The van der Waals surface area contributed by atoms with Gasteiger partial charge >= 0.3 is 11.9 Å². The Bertz CT molecular complexity index is 1140. The number of nitrogens with one attached hydrogen (secondary N) is 1. The molecule has 0 aliphatic heterocycles. The topological polar surface area (TPSA) is 86.2 Å². The molecule has 0 spiro atoms. The number of benzene rings is 1. The van der Waals surface area contributed by atoms with Crippen LogP contribution in [0.4, 0.5) is 18.9 Å². The SMILES string of the molecule is CC(=O)Nc1ccc2occ(-n3c(=O)cc(C(F)(F)F)n(C)c3=O)c2c1. The quantitative estimate of drug-likeness (QED) is 0.753. The van der Waals surface area contributed by atoms with Crippen molar-refractivity contribution in [3.8, 4) is 5.69 Å². The van der Waals surface area contributed by atoms with E-state index in [-0.39, 0.29) is 17.0 Å². The number of hydrogen-bond acceptors (Lipinski definition) is 4. The fourth-order valence-electron chi connectivity index (χ4n) is 2.59. The second-order valence-electron chi connectivity index (χ2n) is 5.56. The van der Waals surface area contributed by atoms with E-state index < -0.39 is 23.1 Å². The molecule has 1 amide bonds. The van der Waals surface area contributed by atoms with Gasteiger partial charge in [-0.25, -0.2) is 9.36 Å². The Labute approximate surface area is 143 Å². The second kappa shape index (κ2) is 5.90. The molecule has 1 N–H and O–H groups in total. The maximum atomic E-state index is 12.9. The molecule has 0 fully saturated rings. The molecule has 0 saturated heterocycles. The molecule has 26 heavy (non-hydrogen) atoms. The minimum absolute atomic E-state index is 0.0217. The van der Waals surface area contributed by atoms with Crippen LogP contribution in [0.25, 0.3) is 16.7 Å². The molecule has 2 heterocycles. The average molecular weight is 367 g/mol. The van der Waals surface area contributed by atoms with Crippen LogP contribution in [-0.2, 0) is 18.0 Å². The molecule has 0 unspecified atom stereocenters. The summed E-state index contributed by atoms with van der Waals surface area (Å²) in [5.74, 6) is -0.336. The molecule has 0 bridgehead atoms. The third-order valence-electron chi connectivity index (χ3n) is 3.72. The van der Waals surface area contributed by atoms with Gasteiger partial charge in [0, 0.05) is 31.1 Å². The minimum atomic E-state index is -4.84. The normalized spacial score (nSPS) is 11.7. The summed E-state index contributed by atoms with van der Waals surface area (Å²) in [5.41, 5.74) is -3.01.